The number of likely N-dealkylation sites (tertiary alicyclic amines) is 1. The molecule has 0 aliphatic carbocycles. The monoisotopic (exact) mass is 287 g/mol. The Hall–Kier alpha value is -1.42. The van der Waals surface area contributed by atoms with Gasteiger partial charge in [0.2, 0.25) is 5.91 Å². The summed E-state index contributed by atoms with van der Waals surface area (Å²) < 4.78 is 0. The van der Waals surface area contributed by atoms with Crippen molar-refractivity contribution in [2.45, 2.75) is 51.1 Å². The molecular formula is C17H25N3O. The van der Waals surface area contributed by atoms with Crippen LogP contribution in [0.4, 0.5) is 0 Å². The minimum Gasteiger partial charge on any atom is -0.334 e. The molecule has 1 amide bonds. The third kappa shape index (κ3) is 3.10. The highest BCUT2D eigenvalue weighted by atomic mass is 16.2. The van der Waals surface area contributed by atoms with Gasteiger partial charge in [-0.15, -0.1) is 0 Å². The van der Waals surface area contributed by atoms with E-state index in [2.05, 4.69) is 22.1 Å². The zero-order chi connectivity index (χ0) is 14.7. The SMILES string of the molecule is CCC1CCNC(C(=O)N2CCCC2c2ccncc2)C1. The molecule has 0 spiro atoms. The van der Waals surface area contributed by atoms with E-state index in [9.17, 15) is 4.79 Å². The van der Waals surface area contributed by atoms with Gasteiger partial charge in [0.05, 0.1) is 12.1 Å². The minimum atomic E-state index is 0.0196. The van der Waals surface area contributed by atoms with Crippen molar-refractivity contribution in [2.24, 2.45) is 5.92 Å². The first-order chi connectivity index (χ1) is 10.3. The number of rotatable bonds is 3. The zero-order valence-corrected chi connectivity index (χ0v) is 12.8. The van der Waals surface area contributed by atoms with E-state index in [-0.39, 0.29) is 12.1 Å². The van der Waals surface area contributed by atoms with Gasteiger partial charge in [-0.05, 0) is 55.8 Å². The number of piperidine rings is 1. The lowest BCUT2D eigenvalue weighted by Crippen LogP contribution is -2.50. The van der Waals surface area contributed by atoms with E-state index in [4.69, 9.17) is 0 Å². The third-order valence-electron chi connectivity index (χ3n) is 5.01. The van der Waals surface area contributed by atoms with Gasteiger partial charge in [0.25, 0.3) is 0 Å². The molecule has 1 aromatic rings. The second-order valence-electron chi connectivity index (χ2n) is 6.28. The number of nitrogens with zero attached hydrogens (tertiary/aromatic N) is 2. The van der Waals surface area contributed by atoms with Crippen LogP contribution in [0.5, 0.6) is 0 Å². The van der Waals surface area contributed by atoms with Gasteiger partial charge in [-0.2, -0.15) is 0 Å². The Morgan fingerprint density at radius 3 is 2.95 bits per heavy atom. The molecule has 3 heterocycles. The van der Waals surface area contributed by atoms with Crippen molar-refractivity contribution in [3.63, 3.8) is 0 Å². The van der Waals surface area contributed by atoms with Crippen molar-refractivity contribution in [3.05, 3.63) is 30.1 Å². The fourth-order valence-corrected chi connectivity index (χ4v) is 3.72. The van der Waals surface area contributed by atoms with Crippen LogP contribution in [0.1, 0.15) is 50.6 Å². The predicted octanol–water partition coefficient (Wildman–Crippen LogP) is 2.52. The summed E-state index contributed by atoms with van der Waals surface area (Å²) in [5.74, 6) is 0.995. The highest BCUT2D eigenvalue weighted by molar-refractivity contribution is 5.82. The highest BCUT2D eigenvalue weighted by Gasteiger charge is 2.35. The van der Waals surface area contributed by atoms with E-state index >= 15 is 0 Å². The number of carbonyl (C=O) groups is 1. The van der Waals surface area contributed by atoms with Crippen LogP contribution in [0.2, 0.25) is 0 Å². The number of amides is 1. The normalized spacial score (nSPS) is 29.6. The average Bonchev–Trinajstić information content (AvgIpc) is 3.04. The lowest BCUT2D eigenvalue weighted by atomic mass is 9.89. The number of nitrogens with one attached hydrogen (secondary N) is 1. The van der Waals surface area contributed by atoms with Gasteiger partial charge in [-0.25, -0.2) is 0 Å². The van der Waals surface area contributed by atoms with Crippen LogP contribution in [0, 0.1) is 5.92 Å². The van der Waals surface area contributed by atoms with Gasteiger partial charge < -0.3 is 10.2 Å². The zero-order valence-electron chi connectivity index (χ0n) is 12.8. The maximum absolute atomic E-state index is 12.9. The Kier molecular flexibility index (Phi) is 4.54. The fourth-order valence-electron chi connectivity index (χ4n) is 3.72. The lowest BCUT2D eigenvalue weighted by molar-refractivity contribution is -0.135. The van der Waals surface area contributed by atoms with Gasteiger partial charge >= 0.3 is 0 Å². The molecule has 2 fully saturated rings. The van der Waals surface area contributed by atoms with Crippen LogP contribution in [-0.2, 0) is 4.79 Å². The van der Waals surface area contributed by atoms with Gasteiger partial charge in [-0.3, -0.25) is 9.78 Å². The summed E-state index contributed by atoms with van der Waals surface area (Å²) in [5.41, 5.74) is 1.22. The topological polar surface area (TPSA) is 45.2 Å². The summed E-state index contributed by atoms with van der Waals surface area (Å²) in [4.78, 5) is 19.1. The van der Waals surface area contributed by atoms with E-state index in [1.165, 1.54) is 18.4 Å². The van der Waals surface area contributed by atoms with E-state index in [0.29, 0.717) is 11.8 Å². The van der Waals surface area contributed by atoms with E-state index in [1.54, 1.807) is 0 Å². The van der Waals surface area contributed by atoms with Crippen molar-refractivity contribution in [2.75, 3.05) is 13.1 Å². The first-order valence-electron chi connectivity index (χ1n) is 8.23. The molecule has 0 bridgehead atoms. The number of aromatic nitrogens is 1. The maximum atomic E-state index is 12.9. The number of hydrogen-bond donors (Lipinski definition) is 1. The Balaban J connectivity index is 1.71. The molecular weight excluding hydrogens is 262 g/mol. The molecule has 21 heavy (non-hydrogen) atoms. The summed E-state index contributed by atoms with van der Waals surface area (Å²) in [6.07, 6.45) is 9.19. The van der Waals surface area contributed by atoms with E-state index in [0.717, 1.165) is 32.4 Å². The first-order valence-corrected chi connectivity index (χ1v) is 8.23. The van der Waals surface area contributed by atoms with Crippen LogP contribution in [0.15, 0.2) is 24.5 Å². The maximum Gasteiger partial charge on any atom is 0.240 e. The molecule has 2 aliphatic heterocycles. The molecule has 0 radical (unpaired) electrons. The second kappa shape index (κ2) is 6.56. The van der Waals surface area contributed by atoms with Crippen LogP contribution >= 0.6 is 0 Å². The highest BCUT2D eigenvalue weighted by Crippen LogP contribution is 2.33. The molecule has 3 unspecified atom stereocenters. The van der Waals surface area contributed by atoms with Crippen molar-refractivity contribution in [1.82, 2.24) is 15.2 Å². The summed E-state index contributed by atoms with van der Waals surface area (Å²) >= 11 is 0. The van der Waals surface area contributed by atoms with E-state index in [1.807, 2.05) is 24.5 Å². The average molecular weight is 287 g/mol. The number of hydrogen-bond acceptors (Lipinski definition) is 3. The van der Waals surface area contributed by atoms with Crippen LogP contribution < -0.4 is 5.32 Å². The summed E-state index contributed by atoms with van der Waals surface area (Å²) in [6, 6.07) is 4.34. The van der Waals surface area contributed by atoms with Crippen molar-refractivity contribution in [3.8, 4) is 0 Å². The number of carbonyl (C=O) groups excluding carboxylic acids is 1. The van der Waals surface area contributed by atoms with Crippen molar-refractivity contribution >= 4 is 5.91 Å². The molecule has 0 aromatic carbocycles. The molecule has 2 saturated heterocycles. The third-order valence-corrected chi connectivity index (χ3v) is 5.01. The fraction of sp³-hybridized carbons (Fsp3) is 0.647. The van der Waals surface area contributed by atoms with Crippen LogP contribution in [-0.4, -0.2) is 34.9 Å². The Morgan fingerprint density at radius 2 is 2.19 bits per heavy atom. The Morgan fingerprint density at radius 1 is 1.38 bits per heavy atom. The van der Waals surface area contributed by atoms with Gasteiger partial charge in [0, 0.05) is 18.9 Å². The standard InChI is InChI=1S/C17H25N3O/c1-2-13-5-10-19-15(12-13)17(21)20-11-3-4-16(20)14-6-8-18-9-7-14/h6-9,13,15-16,19H,2-5,10-12H2,1H3. The minimum absolute atomic E-state index is 0.0196. The summed E-state index contributed by atoms with van der Waals surface area (Å²) in [7, 11) is 0. The second-order valence-corrected chi connectivity index (χ2v) is 6.28. The molecule has 3 rings (SSSR count). The Bertz CT molecular complexity index is 476. The molecule has 1 aromatic heterocycles. The summed E-state index contributed by atoms with van der Waals surface area (Å²) in [6.45, 7) is 4.09. The first kappa shape index (κ1) is 14.5. The van der Waals surface area contributed by atoms with Crippen LogP contribution in [0.25, 0.3) is 0 Å². The molecule has 2 aliphatic rings. The molecule has 1 N–H and O–H groups in total. The van der Waals surface area contributed by atoms with Crippen LogP contribution in [0.3, 0.4) is 0 Å². The largest absolute Gasteiger partial charge is 0.334 e. The molecule has 4 heteroatoms. The van der Waals surface area contributed by atoms with Gasteiger partial charge in [0.15, 0.2) is 0 Å². The predicted molar refractivity (Wildman–Crippen MR) is 82.7 cm³/mol. The van der Waals surface area contributed by atoms with E-state index < -0.39 is 0 Å². The molecule has 0 saturated carbocycles. The number of pyridine rings is 1. The lowest BCUT2D eigenvalue weighted by Gasteiger charge is -2.34. The van der Waals surface area contributed by atoms with Gasteiger partial charge in [-0.1, -0.05) is 13.3 Å². The summed E-state index contributed by atoms with van der Waals surface area (Å²) in [5, 5.41) is 3.43. The van der Waals surface area contributed by atoms with Gasteiger partial charge in [0.1, 0.15) is 0 Å². The smallest absolute Gasteiger partial charge is 0.240 e. The van der Waals surface area contributed by atoms with Crippen molar-refractivity contribution < 1.29 is 4.79 Å². The molecule has 4 nitrogen and oxygen atoms in total. The molecule has 114 valence electrons. The Labute approximate surface area is 126 Å². The quantitative estimate of drug-likeness (QED) is 0.929. The van der Waals surface area contributed by atoms with Crippen molar-refractivity contribution in [1.29, 1.82) is 0 Å². The molecule has 3 atom stereocenters.